The second-order valence-electron chi connectivity index (χ2n) is 6.13. The lowest BCUT2D eigenvalue weighted by molar-refractivity contribution is 0.0950. The van der Waals surface area contributed by atoms with E-state index in [0.717, 1.165) is 37.5 Å². The van der Waals surface area contributed by atoms with Crippen molar-refractivity contribution in [2.75, 3.05) is 19.6 Å². The van der Waals surface area contributed by atoms with Crippen molar-refractivity contribution in [3.8, 4) is 0 Å². The van der Waals surface area contributed by atoms with E-state index in [1.807, 2.05) is 16.7 Å². The first-order valence-electron chi connectivity index (χ1n) is 7.94. The Morgan fingerprint density at radius 1 is 1.27 bits per heavy atom. The van der Waals surface area contributed by atoms with E-state index >= 15 is 0 Å². The monoisotopic (exact) mass is 332 g/mol. The van der Waals surface area contributed by atoms with Crippen LogP contribution in [0.25, 0.3) is 0 Å². The lowest BCUT2D eigenvalue weighted by Crippen LogP contribution is -2.37. The highest BCUT2D eigenvalue weighted by Gasteiger charge is 2.28. The molecule has 3 nitrogen and oxygen atoms in total. The molecule has 0 aromatic carbocycles. The van der Waals surface area contributed by atoms with Crippen LogP contribution in [-0.2, 0) is 13.0 Å². The summed E-state index contributed by atoms with van der Waals surface area (Å²) in [5, 5.41) is 7.34. The molecule has 1 aliphatic carbocycles. The van der Waals surface area contributed by atoms with Gasteiger partial charge in [-0.3, -0.25) is 9.69 Å². The van der Waals surface area contributed by atoms with E-state index < -0.39 is 0 Å². The Bertz CT molecular complexity index is 672. The lowest BCUT2D eigenvalue weighted by atomic mass is 10.1. The number of carbonyl (C=O) groups excluding carboxylic acids is 1. The Hall–Kier alpha value is -1.17. The fraction of sp³-hybridized carbons (Fsp3) is 0.471. The molecule has 1 amide bonds. The standard InChI is InChI=1S/C17H20N2OS2/c20-17(16-14(5-10-22-16)12-1-2-12)18-6-8-19-7-3-15-13(11-19)4-9-21-15/h4-5,9-10,12H,1-3,6-8,11H2,(H,18,20). The third-order valence-corrected chi connectivity index (χ3v) is 6.47. The average molecular weight is 332 g/mol. The van der Waals surface area contributed by atoms with Crippen LogP contribution in [-0.4, -0.2) is 30.4 Å². The summed E-state index contributed by atoms with van der Waals surface area (Å²) in [6, 6.07) is 4.36. The van der Waals surface area contributed by atoms with Crippen molar-refractivity contribution < 1.29 is 4.79 Å². The first-order valence-corrected chi connectivity index (χ1v) is 9.70. The van der Waals surface area contributed by atoms with Crippen molar-refractivity contribution in [2.24, 2.45) is 0 Å². The van der Waals surface area contributed by atoms with Crippen LogP contribution in [0.2, 0.25) is 0 Å². The normalized spacial score (nSPS) is 18.2. The molecular weight excluding hydrogens is 312 g/mol. The van der Waals surface area contributed by atoms with E-state index in [9.17, 15) is 4.79 Å². The van der Waals surface area contributed by atoms with Crippen molar-refractivity contribution in [3.05, 3.63) is 43.8 Å². The molecule has 0 bridgehead atoms. The Morgan fingerprint density at radius 2 is 2.14 bits per heavy atom. The quantitative estimate of drug-likeness (QED) is 0.909. The molecule has 2 aliphatic rings. The zero-order valence-electron chi connectivity index (χ0n) is 12.5. The number of thiophene rings is 2. The van der Waals surface area contributed by atoms with Crippen molar-refractivity contribution in [1.29, 1.82) is 0 Å². The number of hydrogen-bond acceptors (Lipinski definition) is 4. The lowest BCUT2D eigenvalue weighted by Gasteiger charge is -2.26. The van der Waals surface area contributed by atoms with Crippen LogP contribution in [0.3, 0.4) is 0 Å². The Morgan fingerprint density at radius 3 is 3.00 bits per heavy atom. The van der Waals surface area contributed by atoms with E-state index in [0.29, 0.717) is 5.92 Å². The second kappa shape index (κ2) is 6.14. The van der Waals surface area contributed by atoms with Crippen molar-refractivity contribution >= 4 is 28.6 Å². The highest BCUT2D eigenvalue weighted by Crippen LogP contribution is 2.43. The van der Waals surface area contributed by atoms with Gasteiger partial charge in [0.25, 0.3) is 5.91 Å². The number of hydrogen-bond donors (Lipinski definition) is 1. The Labute approximate surface area is 139 Å². The second-order valence-corrected chi connectivity index (χ2v) is 8.05. The first-order chi connectivity index (χ1) is 10.8. The van der Waals surface area contributed by atoms with E-state index in [1.165, 1.54) is 28.8 Å². The van der Waals surface area contributed by atoms with Gasteiger partial charge in [0.05, 0.1) is 4.88 Å². The summed E-state index contributed by atoms with van der Waals surface area (Å²) in [6.07, 6.45) is 3.64. The number of amides is 1. The predicted octanol–water partition coefficient (Wildman–Crippen LogP) is 3.48. The van der Waals surface area contributed by atoms with Gasteiger partial charge in [-0.1, -0.05) is 0 Å². The van der Waals surface area contributed by atoms with Crippen LogP contribution in [0.4, 0.5) is 0 Å². The average Bonchev–Trinajstić information content (AvgIpc) is 3.08. The molecule has 22 heavy (non-hydrogen) atoms. The van der Waals surface area contributed by atoms with Crippen molar-refractivity contribution in [2.45, 2.75) is 31.7 Å². The molecule has 4 rings (SSSR count). The summed E-state index contributed by atoms with van der Waals surface area (Å²) in [7, 11) is 0. The molecule has 0 radical (unpaired) electrons. The number of fused-ring (bicyclic) bond motifs is 1. The van der Waals surface area contributed by atoms with Gasteiger partial charge < -0.3 is 5.32 Å². The van der Waals surface area contributed by atoms with Gasteiger partial charge in [0.2, 0.25) is 0 Å². The zero-order chi connectivity index (χ0) is 14.9. The summed E-state index contributed by atoms with van der Waals surface area (Å²) < 4.78 is 0. The number of nitrogens with one attached hydrogen (secondary N) is 1. The van der Waals surface area contributed by atoms with Gasteiger partial charge in [-0.2, -0.15) is 0 Å². The SMILES string of the molecule is O=C(NCCN1CCc2sccc2C1)c1sccc1C1CC1. The molecule has 1 N–H and O–H groups in total. The van der Waals surface area contributed by atoms with E-state index in [-0.39, 0.29) is 5.91 Å². The molecule has 1 fully saturated rings. The Balaban J connectivity index is 1.28. The molecule has 116 valence electrons. The summed E-state index contributed by atoms with van der Waals surface area (Å²) in [5.74, 6) is 0.760. The summed E-state index contributed by atoms with van der Waals surface area (Å²) >= 11 is 3.45. The zero-order valence-corrected chi connectivity index (χ0v) is 14.1. The van der Waals surface area contributed by atoms with Crippen LogP contribution in [0.1, 0.15) is 44.4 Å². The predicted molar refractivity (Wildman–Crippen MR) is 91.9 cm³/mol. The maximum atomic E-state index is 12.3. The topological polar surface area (TPSA) is 32.3 Å². The summed E-state index contributed by atoms with van der Waals surface area (Å²) in [4.78, 5) is 17.2. The molecule has 2 aromatic rings. The third kappa shape index (κ3) is 2.98. The van der Waals surface area contributed by atoms with Crippen LogP contribution >= 0.6 is 22.7 Å². The van der Waals surface area contributed by atoms with Crippen molar-refractivity contribution in [1.82, 2.24) is 10.2 Å². The Kier molecular flexibility index (Phi) is 4.03. The minimum Gasteiger partial charge on any atom is -0.350 e. The minimum absolute atomic E-state index is 0.116. The highest BCUT2D eigenvalue weighted by molar-refractivity contribution is 7.12. The maximum Gasteiger partial charge on any atom is 0.261 e. The molecule has 0 spiro atoms. The molecule has 0 unspecified atom stereocenters. The van der Waals surface area contributed by atoms with Gasteiger partial charge in [0.15, 0.2) is 0 Å². The molecule has 3 heterocycles. The molecule has 1 aliphatic heterocycles. The third-order valence-electron chi connectivity index (χ3n) is 4.52. The minimum atomic E-state index is 0.116. The van der Waals surface area contributed by atoms with Gasteiger partial charge >= 0.3 is 0 Å². The van der Waals surface area contributed by atoms with Crippen LogP contribution in [0.15, 0.2) is 22.9 Å². The number of carbonyl (C=O) groups is 1. The van der Waals surface area contributed by atoms with E-state index in [1.54, 1.807) is 11.3 Å². The molecule has 0 saturated heterocycles. The van der Waals surface area contributed by atoms with Gasteiger partial charge in [-0.05, 0) is 59.2 Å². The smallest absolute Gasteiger partial charge is 0.261 e. The largest absolute Gasteiger partial charge is 0.350 e. The van der Waals surface area contributed by atoms with E-state index in [4.69, 9.17) is 0 Å². The van der Waals surface area contributed by atoms with Gasteiger partial charge in [0.1, 0.15) is 0 Å². The fourth-order valence-corrected chi connectivity index (χ4v) is 4.92. The number of nitrogens with zero attached hydrogens (tertiary/aromatic N) is 1. The van der Waals surface area contributed by atoms with Crippen LogP contribution in [0, 0.1) is 0 Å². The highest BCUT2D eigenvalue weighted by atomic mass is 32.1. The fourth-order valence-electron chi connectivity index (χ4n) is 3.13. The summed E-state index contributed by atoms with van der Waals surface area (Å²) in [5.41, 5.74) is 2.74. The van der Waals surface area contributed by atoms with E-state index in [2.05, 4.69) is 27.7 Å². The molecule has 0 atom stereocenters. The molecule has 5 heteroatoms. The van der Waals surface area contributed by atoms with Gasteiger partial charge in [-0.15, -0.1) is 22.7 Å². The van der Waals surface area contributed by atoms with Gasteiger partial charge in [-0.25, -0.2) is 0 Å². The summed E-state index contributed by atoms with van der Waals surface area (Å²) in [6.45, 7) is 3.81. The number of rotatable bonds is 5. The molecule has 1 saturated carbocycles. The first kappa shape index (κ1) is 14.4. The van der Waals surface area contributed by atoms with Gasteiger partial charge in [0, 0.05) is 31.1 Å². The van der Waals surface area contributed by atoms with Crippen molar-refractivity contribution in [3.63, 3.8) is 0 Å². The molecule has 2 aromatic heterocycles. The molecular formula is C17H20N2OS2. The maximum absolute atomic E-state index is 12.3. The van der Waals surface area contributed by atoms with Crippen LogP contribution < -0.4 is 5.32 Å². The van der Waals surface area contributed by atoms with Crippen LogP contribution in [0.5, 0.6) is 0 Å².